The summed E-state index contributed by atoms with van der Waals surface area (Å²) >= 11 is 0. The molecule has 26 heavy (non-hydrogen) atoms. The Labute approximate surface area is 153 Å². The minimum Gasteiger partial charge on any atom is -0.492 e. The van der Waals surface area contributed by atoms with Crippen molar-refractivity contribution in [3.05, 3.63) is 29.8 Å². The van der Waals surface area contributed by atoms with Crippen molar-refractivity contribution in [2.24, 2.45) is 5.92 Å². The molecule has 6 heteroatoms. The third-order valence-corrected chi connectivity index (χ3v) is 4.68. The van der Waals surface area contributed by atoms with E-state index < -0.39 is 11.8 Å². The lowest BCUT2D eigenvalue weighted by Crippen LogP contribution is -2.38. The maximum absolute atomic E-state index is 12.3. The van der Waals surface area contributed by atoms with Crippen LogP contribution in [0.3, 0.4) is 0 Å². The number of carbonyl (C=O) groups is 2. The van der Waals surface area contributed by atoms with Crippen LogP contribution >= 0.6 is 0 Å². The van der Waals surface area contributed by atoms with Gasteiger partial charge in [0.25, 0.3) is 0 Å². The second kappa shape index (κ2) is 8.25. The van der Waals surface area contributed by atoms with Gasteiger partial charge in [-0.05, 0) is 45.1 Å². The molecular weight excluding hydrogens is 332 g/mol. The van der Waals surface area contributed by atoms with Crippen LogP contribution in [0, 0.1) is 5.92 Å². The first kappa shape index (κ1) is 18.3. The Bertz CT molecular complexity index is 714. The fourth-order valence-corrected chi connectivity index (χ4v) is 3.35. The Hall–Kier alpha value is -2.50. The number of nitrogens with one attached hydrogen (secondary N) is 2. The Balaban J connectivity index is 1.63. The van der Waals surface area contributed by atoms with E-state index >= 15 is 0 Å². The number of anilines is 1. The van der Waals surface area contributed by atoms with Crippen molar-refractivity contribution in [3.8, 4) is 11.5 Å². The molecule has 1 aliphatic carbocycles. The van der Waals surface area contributed by atoms with Crippen molar-refractivity contribution in [1.29, 1.82) is 0 Å². The van der Waals surface area contributed by atoms with Gasteiger partial charge in [-0.3, -0.25) is 9.59 Å². The summed E-state index contributed by atoms with van der Waals surface area (Å²) in [6.07, 6.45) is 8.18. The van der Waals surface area contributed by atoms with E-state index in [-0.39, 0.29) is 6.10 Å². The fourth-order valence-electron chi connectivity index (χ4n) is 3.35. The molecule has 1 aromatic rings. The number of allylic oxidation sites excluding steroid dienone is 2. The SMILES string of the molecule is CCOc1cc2c(cc1NC(=O)C(=O)NCC1CC=CCC1)OC(C)C2. The minimum absolute atomic E-state index is 0.0956. The highest BCUT2D eigenvalue weighted by atomic mass is 16.5. The number of benzene rings is 1. The fraction of sp³-hybridized carbons (Fsp3) is 0.500. The second-order valence-electron chi connectivity index (χ2n) is 6.84. The minimum atomic E-state index is -0.691. The molecule has 0 fully saturated rings. The lowest BCUT2D eigenvalue weighted by Gasteiger charge is -2.18. The van der Waals surface area contributed by atoms with Crippen LogP contribution in [0.4, 0.5) is 5.69 Å². The van der Waals surface area contributed by atoms with Crippen molar-refractivity contribution in [3.63, 3.8) is 0 Å². The molecule has 2 N–H and O–H groups in total. The second-order valence-corrected chi connectivity index (χ2v) is 6.84. The molecule has 2 unspecified atom stereocenters. The topological polar surface area (TPSA) is 76.7 Å². The van der Waals surface area contributed by atoms with Gasteiger partial charge in [0, 0.05) is 24.6 Å². The first-order valence-electron chi connectivity index (χ1n) is 9.27. The molecule has 1 aliphatic heterocycles. The van der Waals surface area contributed by atoms with E-state index in [1.807, 2.05) is 19.9 Å². The molecule has 0 saturated heterocycles. The molecule has 0 spiro atoms. The van der Waals surface area contributed by atoms with Crippen LogP contribution in [-0.4, -0.2) is 31.1 Å². The van der Waals surface area contributed by atoms with Gasteiger partial charge in [-0.15, -0.1) is 0 Å². The summed E-state index contributed by atoms with van der Waals surface area (Å²) in [6.45, 7) is 4.86. The number of amides is 2. The molecule has 3 rings (SSSR count). The van der Waals surface area contributed by atoms with Gasteiger partial charge in [0.15, 0.2) is 0 Å². The predicted octanol–water partition coefficient (Wildman–Crippen LogP) is 2.82. The summed E-state index contributed by atoms with van der Waals surface area (Å²) in [5, 5.41) is 5.38. The van der Waals surface area contributed by atoms with E-state index in [0.717, 1.165) is 37.0 Å². The Morgan fingerprint density at radius 3 is 2.85 bits per heavy atom. The van der Waals surface area contributed by atoms with E-state index in [1.165, 1.54) is 0 Å². The first-order valence-corrected chi connectivity index (χ1v) is 9.27. The van der Waals surface area contributed by atoms with Crippen LogP contribution in [0.5, 0.6) is 11.5 Å². The summed E-state index contributed by atoms with van der Waals surface area (Å²) < 4.78 is 11.4. The van der Waals surface area contributed by atoms with Gasteiger partial charge < -0.3 is 20.1 Å². The summed E-state index contributed by atoms with van der Waals surface area (Å²) in [5.74, 6) is 0.360. The number of hydrogen-bond acceptors (Lipinski definition) is 4. The summed E-state index contributed by atoms with van der Waals surface area (Å²) in [5.41, 5.74) is 1.51. The summed E-state index contributed by atoms with van der Waals surface area (Å²) in [6, 6.07) is 3.62. The van der Waals surface area contributed by atoms with Crippen molar-refractivity contribution >= 4 is 17.5 Å². The number of hydrogen-bond donors (Lipinski definition) is 2. The monoisotopic (exact) mass is 358 g/mol. The molecule has 2 atom stereocenters. The highest BCUT2D eigenvalue weighted by Gasteiger charge is 2.24. The van der Waals surface area contributed by atoms with E-state index in [4.69, 9.17) is 9.47 Å². The third kappa shape index (κ3) is 4.36. The normalized spacial score (nSPS) is 20.8. The van der Waals surface area contributed by atoms with E-state index in [2.05, 4.69) is 22.8 Å². The number of fused-ring (bicyclic) bond motifs is 1. The van der Waals surface area contributed by atoms with Crippen LogP contribution in [0.15, 0.2) is 24.3 Å². The van der Waals surface area contributed by atoms with Crippen LogP contribution in [0.25, 0.3) is 0 Å². The van der Waals surface area contributed by atoms with Gasteiger partial charge in [0.1, 0.15) is 17.6 Å². The molecule has 140 valence electrons. The van der Waals surface area contributed by atoms with Gasteiger partial charge in [-0.25, -0.2) is 0 Å². The molecule has 6 nitrogen and oxygen atoms in total. The molecule has 0 saturated carbocycles. The van der Waals surface area contributed by atoms with Crippen LogP contribution in [-0.2, 0) is 16.0 Å². The Morgan fingerprint density at radius 1 is 1.27 bits per heavy atom. The Kier molecular flexibility index (Phi) is 5.81. The summed E-state index contributed by atoms with van der Waals surface area (Å²) in [7, 11) is 0. The largest absolute Gasteiger partial charge is 0.492 e. The quantitative estimate of drug-likeness (QED) is 0.627. The zero-order chi connectivity index (χ0) is 18.5. The highest BCUT2D eigenvalue weighted by molar-refractivity contribution is 6.39. The Morgan fingerprint density at radius 2 is 2.12 bits per heavy atom. The maximum Gasteiger partial charge on any atom is 0.313 e. The van der Waals surface area contributed by atoms with Gasteiger partial charge in [0.2, 0.25) is 0 Å². The van der Waals surface area contributed by atoms with E-state index in [9.17, 15) is 9.59 Å². The molecule has 0 radical (unpaired) electrons. The lowest BCUT2D eigenvalue weighted by molar-refractivity contribution is -0.136. The van der Waals surface area contributed by atoms with Gasteiger partial charge in [0.05, 0.1) is 12.3 Å². The number of rotatable bonds is 5. The van der Waals surface area contributed by atoms with Crippen molar-refractivity contribution in [2.75, 3.05) is 18.5 Å². The molecular formula is C20H26N2O4. The zero-order valence-corrected chi connectivity index (χ0v) is 15.3. The molecule has 2 amide bonds. The molecule has 1 heterocycles. The van der Waals surface area contributed by atoms with Crippen molar-refractivity contribution < 1.29 is 19.1 Å². The molecule has 0 aromatic heterocycles. The molecule has 1 aromatic carbocycles. The maximum atomic E-state index is 12.3. The van der Waals surface area contributed by atoms with Gasteiger partial charge in [-0.2, -0.15) is 0 Å². The average molecular weight is 358 g/mol. The van der Waals surface area contributed by atoms with Gasteiger partial charge in [-0.1, -0.05) is 12.2 Å². The molecule has 0 bridgehead atoms. The van der Waals surface area contributed by atoms with E-state index in [0.29, 0.717) is 30.5 Å². The van der Waals surface area contributed by atoms with Crippen molar-refractivity contribution in [2.45, 2.75) is 45.6 Å². The predicted molar refractivity (Wildman–Crippen MR) is 99.5 cm³/mol. The average Bonchev–Trinajstić information content (AvgIpc) is 2.99. The van der Waals surface area contributed by atoms with Gasteiger partial charge >= 0.3 is 11.8 Å². The first-order chi connectivity index (χ1) is 12.6. The summed E-state index contributed by atoms with van der Waals surface area (Å²) in [4.78, 5) is 24.4. The number of ether oxygens (including phenoxy) is 2. The third-order valence-electron chi connectivity index (χ3n) is 4.68. The van der Waals surface area contributed by atoms with E-state index in [1.54, 1.807) is 6.07 Å². The lowest BCUT2D eigenvalue weighted by atomic mass is 9.94. The molecule has 2 aliphatic rings. The van der Waals surface area contributed by atoms with Crippen LogP contribution < -0.4 is 20.1 Å². The van der Waals surface area contributed by atoms with Crippen molar-refractivity contribution in [1.82, 2.24) is 5.32 Å². The highest BCUT2D eigenvalue weighted by Crippen LogP contribution is 2.38. The van der Waals surface area contributed by atoms with Crippen LogP contribution in [0.2, 0.25) is 0 Å². The smallest absolute Gasteiger partial charge is 0.313 e. The number of carbonyl (C=O) groups excluding carboxylic acids is 2. The standard InChI is InChI=1S/C20H26N2O4/c1-3-25-18-10-15-9-13(2)26-17(15)11-16(18)22-20(24)19(23)21-12-14-7-5-4-6-8-14/h4-5,10-11,13-14H,3,6-9,12H2,1-2H3,(H,21,23)(H,22,24). The van der Waals surface area contributed by atoms with Crippen LogP contribution in [0.1, 0.15) is 38.7 Å². The zero-order valence-electron chi connectivity index (χ0n) is 15.3.